The van der Waals surface area contributed by atoms with Gasteiger partial charge in [-0.3, -0.25) is 0 Å². The first-order valence-corrected chi connectivity index (χ1v) is 15.4. The molecule has 0 aromatic heterocycles. The summed E-state index contributed by atoms with van der Waals surface area (Å²) in [6.07, 6.45) is 8.24. The Balaban J connectivity index is 1.41. The summed E-state index contributed by atoms with van der Waals surface area (Å²) < 4.78 is 0. The zero-order valence-corrected chi connectivity index (χ0v) is 24.2. The highest BCUT2D eigenvalue weighted by molar-refractivity contribution is 6.24. The number of anilines is 1. The Bertz CT molecular complexity index is 2120. The van der Waals surface area contributed by atoms with Crippen LogP contribution in [0.3, 0.4) is 0 Å². The number of hydrogen-bond donors (Lipinski definition) is 0. The zero-order valence-electron chi connectivity index (χ0n) is 24.2. The van der Waals surface area contributed by atoms with E-state index in [4.69, 9.17) is 0 Å². The molecule has 1 aliphatic heterocycles. The summed E-state index contributed by atoms with van der Waals surface area (Å²) in [4.78, 5) is 2.61. The van der Waals surface area contributed by atoms with Crippen molar-refractivity contribution in [1.82, 2.24) is 0 Å². The lowest BCUT2D eigenvalue weighted by molar-refractivity contribution is 0.661. The maximum Gasteiger partial charge on any atom is 0.0570 e. The Morgan fingerprint density at radius 1 is 0.571 bits per heavy atom. The van der Waals surface area contributed by atoms with E-state index in [1.54, 1.807) is 5.57 Å². The molecule has 3 aliphatic rings. The Hall–Kier alpha value is -4.62. The van der Waals surface area contributed by atoms with E-state index in [1.165, 1.54) is 89.9 Å². The van der Waals surface area contributed by atoms with Gasteiger partial charge in [-0.1, -0.05) is 117 Å². The van der Waals surface area contributed by atoms with Crippen molar-refractivity contribution in [2.45, 2.75) is 38.5 Å². The van der Waals surface area contributed by atoms with Crippen LogP contribution >= 0.6 is 0 Å². The molecule has 42 heavy (non-hydrogen) atoms. The minimum atomic E-state index is -0.0675. The van der Waals surface area contributed by atoms with Crippen LogP contribution in [0.25, 0.3) is 54.6 Å². The molecule has 2 aliphatic carbocycles. The van der Waals surface area contributed by atoms with Gasteiger partial charge in [0, 0.05) is 28.4 Å². The summed E-state index contributed by atoms with van der Waals surface area (Å²) in [5, 5.41) is 8.02. The molecular formula is C41H33N. The fourth-order valence-electron chi connectivity index (χ4n) is 8.27. The molecule has 6 aromatic carbocycles. The first-order chi connectivity index (χ1) is 20.6. The Morgan fingerprint density at radius 3 is 1.88 bits per heavy atom. The van der Waals surface area contributed by atoms with E-state index in [0.29, 0.717) is 0 Å². The second kappa shape index (κ2) is 8.69. The van der Waals surface area contributed by atoms with Gasteiger partial charge in [-0.2, -0.15) is 0 Å². The number of rotatable bonds is 2. The molecule has 1 heteroatoms. The summed E-state index contributed by atoms with van der Waals surface area (Å²) in [6, 6.07) is 38.9. The molecule has 0 saturated heterocycles. The van der Waals surface area contributed by atoms with Crippen molar-refractivity contribution in [1.29, 1.82) is 0 Å². The first kappa shape index (κ1) is 24.0. The van der Waals surface area contributed by atoms with E-state index in [2.05, 4.69) is 134 Å². The lowest BCUT2D eigenvalue weighted by atomic mass is 9.79. The summed E-state index contributed by atoms with van der Waals surface area (Å²) in [6.45, 7) is 5.84. The van der Waals surface area contributed by atoms with Crippen LogP contribution in [-0.4, -0.2) is 6.54 Å². The monoisotopic (exact) mass is 539 g/mol. The van der Waals surface area contributed by atoms with E-state index in [0.717, 1.165) is 13.0 Å². The van der Waals surface area contributed by atoms with Gasteiger partial charge in [0.25, 0.3) is 0 Å². The van der Waals surface area contributed by atoms with Crippen LogP contribution in [0, 0.1) is 0 Å². The molecule has 0 unspecified atom stereocenters. The third-order valence-electron chi connectivity index (χ3n) is 10.2. The van der Waals surface area contributed by atoms with E-state index >= 15 is 0 Å². The summed E-state index contributed by atoms with van der Waals surface area (Å²) >= 11 is 0. The standard InChI is InChI=1S/C41H33N/c1-41(2)35-21-11-10-20-33(35)39-28-15-5-4-14-27(28)34(25-36(39)41)38-29-16-6-8-18-31(29)40(32-19-9-7-17-30(32)38)42-24-23-26-13-3-12-22-37(26)42/h4-12,14-22,25H,3,13,23-24H2,1-2H3. The van der Waals surface area contributed by atoms with E-state index in [9.17, 15) is 0 Å². The smallest absolute Gasteiger partial charge is 0.0570 e. The summed E-state index contributed by atoms with van der Waals surface area (Å²) in [5.74, 6) is 0. The van der Waals surface area contributed by atoms with Crippen LogP contribution in [-0.2, 0) is 5.41 Å². The van der Waals surface area contributed by atoms with Crippen molar-refractivity contribution in [3.05, 3.63) is 138 Å². The van der Waals surface area contributed by atoms with Crippen LogP contribution < -0.4 is 4.90 Å². The topological polar surface area (TPSA) is 3.24 Å². The molecule has 1 heterocycles. The van der Waals surface area contributed by atoms with E-state index in [-0.39, 0.29) is 5.41 Å². The van der Waals surface area contributed by atoms with Crippen molar-refractivity contribution in [3.8, 4) is 22.3 Å². The van der Waals surface area contributed by atoms with Gasteiger partial charge >= 0.3 is 0 Å². The van der Waals surface area contributed by atoms with Crippen molar-refractivity contribution in [2.75, 3.05) is 11.4 Å². The van der Waals surface area contributed by atoms with E-state index in [1.807, 2.05) is 0 Å². The van der Waals surface area contributed by atoms with Gasteiger partial charge in [0.1, 0.15) is 0 Å². The molecule has 0 amide bonds. The molecule has 0 radical (unpaired) electrons. The molecular weight excluding hydrogens is 506 g/mol. The van der Waals surface area contributed by atoms with Crippen LogP contribution in [0.4, 0.5) is 5.69 Å². The molecule has 0 saturated carbocycles. The van der Waals surface area contributed by atoms with Gasteiger partial charge in [-0.15, -0.1) is 0 Å². The third kappa shape index (κ3) is 3.14. The maximum atomic E-state index is 2.61. The van der Waals surface area contributed by atoms with Gasteiger partial charge in [-0.25, -0.2) is 0 Å². The average Bonchev–Trinajstić information content (AvgIpc) is 3.56. The Kier molecular flexibility index (Phi) is 4.97. The largest absolute Gasteiger partial charge is 0.340 e. The van der Waals surface area contributed by atoms with Crippen LogP contribution in [0.1, 0.15) is 44.2 Å². The van der Waals surface area contributed by atoms with Crippen molar-refractivity contribution in [3.63, 3.8) is 0 Å². The van der Waals surface area contributed by atoms with Crippen molar-refractivity contribution >= 4 is 38.0 Å². The number of hydrogen-bond acceptors (Lipinski definition) is 1. The van der Waals surface area contributed by atoms with E-state index < -0.39 is 0 Å². The SMILES string of the molecule is CC1(C)c2ccccc2-c2c1cc(-c1c3ccccc3c(N3CCC4=C3C=CCC4)c3ccccc13)c1ccccc21. The molecule has 1 nitrogen and oxygen atoms in total. The number of nitrogens with zero attached hydrogens (tertiary/aromatic N) is 1. The second-order valence-corrected chi connectivity index (χ2v) is 12.7. The van der Waals surface area contributed by atoms with Gasteiger partial charge in [-0.05, 0) is 91.9 Å². The van der Waals surface area contributed by atoms with Crippen LogP contribution in [0.5, 0.6) is 0 Å². The Labute approximate surface area is 247 Å². The summed E-state index contributed by atoms with van der Waals surface area (Å²) in [7, 11) is 0. The molecule has 0 atom stereocenters. The minimum Gasteiger partial charge on any atom is -0.340 e. The fourth-order valence-corrected chi connectivity index (χ4v) is 8.27. The molecule has 202 valence electrons. The van der Waals surface area contributed by atoms with Crippen LogP contribution in [0.15, 0.2) is 127 Å². The molecule has 0 bridgehead atoms. The van der Waals surface area contributed by atoms with Gasteiger partial charge in [0.15, 0.2) is 0 Å². The predicted octanol–water partition coefficient (Wildman–Crippen LogP) is 10.9. The van der Waals surface area contributed by atoms with Gasteiger partial charge in [0.2, 0.25) is 0 Å². The number of allylic oxidation sites excluding steroid dienone is 2. The minimum absolute atomic E-state index is 0.0675. The maximum absolute atomic E-state index is 2.61. The third-order valence-corrected chi connectivity index (χ3v) is 10.2. The second-order valence-electron chi connectivity index (χ2n) is 12.7. The van der Waals surface area contributed by atoms with Crippen molar-refractivity contribution in [2.24, 2.45) is 0 Å². The molecule has 6 aromatic rings. The normalized spacial score (nSPS) is 16.9. The van der Waals surface area contributed by atoms with Crippen molar-refractivity contribution < 1.29 is 0 Å². The molecule has 0 fully saturated rings. The van der Waals surface area contributed by atoms with Crippen LogP contribution in [0.2, 0.25) is 0 Å². The first-order valence-electron chi connectivity index (χ1n) is 15.4. The van der Waals surface area contributed by atoms with Gasteiger partial charge < -0.3 is 4.90 Å². The van der Waals surface area contributed by atoms with Gasteiger partial charge in [0.05, 0.1) is 5.69 Å². The Morgan fingerprint density at radius 2 is 1.17 bits per heavy atom. The highest BCUT2D eigenvalue weighted by Crippen LogP contribution is 2.55. The lowest BCUT2D eigenvalue weighted by Crippen LogP contribution is -2.19. The number of fused-ring (bicyclic) bond motifs is 7. The predicted molar refractivity (Wildman–Crippen MR) is 179 cm³/mol. The number of benzene rings is 6. The lowest BCUT2D eigenvalue weighted by Gasteiger charge is -2.28. The average molecular weight is 540 g/mol. The summed E-state index contributed by atoms with van der Waals surface area (Å²) in [5.41, 5.74) is 12.6. The quantitative estimate of drug-likeness (QED) is 0.198. The highest BCUT2D eigenvalue weighted by atomic mass is 15.2. The molecule has 0 spiro atoms. The highest BCUT2D eigenvalue weighted by Gasteiger charge is 2.37. The molecule has 0 N–H and O–H groups in total. The molecule has 9 rings (SSSR count). The fraction of sp³-hybridized carbons (Fsp3) is 0.171. The zero-order chi connectivity index (χ0) is 28.0.